The van der Waals surface area contributed by atoms with E-state index in [-0.39, 0.29) is 0 Å². The van der Waals surface area contributed by atoms with Gasteiger partial charge in [0.2, 0.25) is 0 Å². The maximum absolute atomic E-state index is 5.79. The first-order chi connectivity index (χ1) is 5.66. The largest absolute Gasteiger partial charge is 0.398 e. The van der Waals surface area contributed by atoms with E-state index in [2.05, 4.69) is 18.8 Å². The topological polar surface area (TPSA) is 38.4 Å². The Balaban J connectivity index is 3.32. The minimum Gasteiger partial charge on any atom is -0.398 e. The zero-order valence-electron chi connectivity index (χ0n) is 7.76. The fourth-order valence-electron chi connectivity index (χ4n) is 1.16. The molecule has 0 amide bonds. The molecule has 0 saturated heterocycles. The predicted molar refractivity (Wildman–Crippen MR) is 53.8 cm³/mol. The van der Waals surface area contributed by atoms with E-state index in [0.717, 1.165) is 11.3 Å². The van der Waals surface area contributed by atoms with Gasteiger partial charge in [-0.2, -0.15) is 0 Å². The molecule has 0 fully saturated rings. The van der Waals surface area contributed by atoms with Crippen LogP contribution in [0.4, 0.5) is 5.69 Å². The van der Waals surface area contributed by atoms with Gasteiger partial charge in [0.25, 0.3) is 0 Å². The molecule has 0 unspecified atom stereocenters. The molecule has 0 saturated carbocycles. The molecule has 0 aliphatic rings. The molecular formula is C10H14N2. The third-order valence-corrected chi connectivity index (χ3v) is 2.08. The summed E-state index contributed by atoms with van der Waals surface area (Å²) in [6.07, 6.45) is 1.80. The lowest BCUT2D eigenvalue weighted by Gasteiger charge is -2.06. The zero-order valence-corrected chi connectivity index (χ0v) is 7.76. The average Bonchev–Trinajstić information content (AvgIpc) is 2.06. The van der Waals surface area contributed by atoms with E-state index in [9.17, 15) is 0 Å². The minimum absolute atomic E-state index is 0.795. The highest BCUT2D eigenvalue weighted by molar-refractivity contribution is 5.89. The first-order valence-electron chi connectivity index (χ1n) is 3.94. The van der Waals surface area contributed by atoms with Crippen molar-refractivity contribution >= 4 is 11.9 Å². The molecule has 0 aliphatic carbocycles. The number of aliphatic imine (C=N–C) groups is 1. The SMILES string of the molecule is CN=Cc1c(N)ccc(C)c1C. The normalized spacial score (nSPS) is 10.9. The summed E-state index contributed by atoms with van der Waals surface area (Å²) in [7, 11) is 1.75. The summed E-state index contributed by atoms with van der Waals surface area (Å²) in [6.45, 7) is 4.13. The predicted octanol–water partition coefficient (Wildman–Crippen LogP) is 1.93. The summed E-state index contributed by atoms with van der Waals surface area (Å²) in [5, 5.41) is 0. The highest BCUT2D eigenvalue weighted by Crippen LogP contribution is 2.17. The number of aryl methyl sites for hydroxylation is 1. The summed E-state index contributed by atoms with van der Waals surface area (Å²) in [4.78, 5) is 3.96. The van der Waals surface area contributed by atoms with Crippen molar-refractivity contribution in [2.75, 3.05) is 12.8 Å². The molecular weight excluding hydrogens is 148 g/mol. The Morgan fingerprint density at radius 2 is 2.00 bits per heavy atom. The Hall–Kier alpha value is -1.31. The van der Waals surface area contributed by atoms with Gasteiger partial charge in [0, 0.05) is 24.5 Å². The van der Waals surface area contributed by atoms with E-state index >= 15 is 0 Å². The molecule has 2 heteroatoms. The fraction of sp³-hybridized carbons (Fsp3) is 0.300. The van der Waals surface area contributed by atoms with E-state index < -0.39 is 0 Å². The first-order valence-corrected chi connectivity index (χ1v) is 3.94. The maximum Gasteiger partial charge on any atom is 0.0405 e. The number of nitrogens with two attached hydrogens (primary N) is 1. The van der Waals surface area contributed by atoms with Crippen LogP contribution in [0.25, 0.3) is 0 Å². The van der Waals surface area contributed by atoms with Crippen molar-refractivity contribution in [3.63, 3.8) is 0 Å². The average molecular weight is 162 g/mol. The molecule has 0 aliphatic heterocycles. The number of rotatable bonds is 1. The Morgan fingerprint density at radius 3 is 2.58 bits per heavy atom. The smallest absolute Gasteiger partial charge is 0.0405 e. The van der Waals surface area contributed by atoms with Crippen LogP contribution in [0.1, 0.15) is 16.7 Å². The number of hydrogen-bond donors (Lipinski definition) is 1. The highest BCUT2D eigenvalue weighted by Gasteiger charge is 2.01. The van der Waals surface area contributed by atoms with Gasteiger partial charge in [0.1, 0.15) is 0 Å². The van der Waals surface area contributed by atoms with E-state index in [1.54, 1.807) is 13.3 Å². The lowest BCUT2D eigenvalue weighted by Crippen LogP contribution is -1.98. The van der Waals surface area contributed by atoms with Gasteiger partial charge >= 0.3 is 0 Å². The van der Waals surface area contributed by atoms with Crippen LogP contribution in [0.2, 0.25) is 0 Å². The van der Waals surface area contributed by atoms with Gasteiger partial charge in [-0.3, -0.25) is 4.99 Å². The van der Waals surface area contributed by atoms with Gasteiger partial charge in [-0.05, 0) is 31.0 Å². The fourth-order valence-corrected chi connectivity index (χ4v) is 1.16. The lowest BCUT2D eigenvalue weighted by atomic mass is 10.0. The van der Waals surface area contributed by atoms with Gasteiger partial charge in [0.15, 0.2) is 0 Å². The zero-order chi connectivity index (χ0) is 9.14. The van der Waals surface area contributed by atoms with Crippen molar-refractivity contribution < 1.29 is 0 Å². The molecule has 1 rings (SSSR count). The van der Waals surface area contributed by atoms with E-state index in [4.69, 9.17) is 5.73 Å². The second-order valence-electron chi connectivity index (χ2n) is 2.90. The summed E-state index contributed by atoms with van der Waals surface area (Å²) >= 11 is 0. The van der Waals surface area contributed by atoms with Crippen molar-refractivity contribution in [3.8, 4) is 0 Å². The number of hydrogen-bond acceptors (Lipinski definition) is 2. The number of nitrogens with zero attached hydrogens (tertiary/aromatic N) is 1. The molecule has 0 aromatic heterocycles. The van der Waals surface area contributed by atoms with Gasteiger partial charge in [-0.25, -0.2) is 0 Å². The molecule has 12 heavy (non-hydrogen) atoms. The minimum atomic E-state index is 0.795. The summed E-state index contributed by atoms with van der Waals surface area (Å²) in [5.74, 6) is 0. The number of benzene rings is 1. The molecule has 2 nitrogen and oxygen atoms in total. The van der Waals surface area contributed by atoms with Gasteiger partial charge in [0.05, 0.1) is 0 Å². The van der Waals surface area contributed by atoms with Crippen LogP contribution >= 0.6 is 0 Å². The van der Waals surface area contributed by atoms with Crippen molar-refractivity contribution in [1.29, 1.82) is 0 Å². The second kappa shape index (κ2) is 3.39. The van der Waals surface area contributed by atoms with Gasteiger partial charge in [-0.15, -0.1) is 0 Å². The molecule has 0 heterocycles. The van der Waals surface area contributed by atoms with Gasteiger partial charge in [-0.1, -0.05) is 6.07 Å². The molecule has 1 aromatic carbocycles. The Bertz CT molecular complexity index is 314. The molecule has 0 radical (unpaired) electrons. The maximum atomic E-state index is 5.79. The van der Waals surface area contributed by atoms with E-state index in [1.165, 1.54) is 11.1 Å². The summed E-state index contributed by atoms with van der Waals surface area (Å²) in [5.41, 5.74) is 10.1. The number of nitrogen functional groups attached to an aromatic ring is 1. The molecule has 0 atom stereocenters. The molecule has 0 bridgehead atoms. The van der Waals surface area contributed by atoms with Crippen molar-refractivity contribution in [2.24, 2.45) is 4.99 Å². The van der Waals surface area contributed by atoms with Crippen LogP contribution in [-0.2, 0) is 0 Å². The van der Waals surface area contributed by atoms with Crippen molar-refractivity contribution in [3.05, 3.63) is 28.8 Å². The molecule has 1 aromatic rings. The molecule has 64 valence electrons. The molecule has 0 spiro atoms. The molecule has 2 N–H and O–H groups in total. The van der Waals surface area contributed by atoms with Crippen LogP contribution in [0.3, 0.4) is 0 Å². The van der Waals surface area contributed by atoms with Crippen molar-refractivity contribution in [2.45, 2.75) is 13.8 Å². The summed E-state index contributed by atoms with van der Waals surface area (Å²) < 4.78 is 0. The van der Waals surface area contributed by atoms with Crippen LogP contribution < -0.4 is 5.73 Å². The van der Waals surface area contributed by atoms with Crippen LogP contribution in [0.5, 0.6) is 0 Å². The van der Waals surface area contributed by atoms with Crippen LogP contribution in [0, 0.1) is 13.8 Å². The van der Waals surface area contributed by atoms with Gasteiger partial charge < -0.3 is 5.73 Å². The number of anilines is 1. The third kappa shape index (κ3) is 1.47. The quantitative estimate of drug-likeness (QED) is 0.497. The van der Waals surface area contributed by atoms with Crippen LogP contribution in [-0.4, -0.2) is 13.3 Å². The third-order valence-electron chi connectivity index (χ3n) is 2.08. The van der Waals surface area contributed by atoms with E-state index in [0.29, 0.717) is 0 Å². The Morgan fingerprint density at radius 1 is 1.33 bits per heavy atom. The summed E-state index contributed by atoms with van der Waals surface area (Å²) in [6, 6.07) is 3.94. The van der Waals surface area contributed by atoms with Crippen molar-refractivity contribution in [1.82, 2.24) is 0 Å². The lowest BCUT2D eigenvalue weighted by molar-refractivity contribution is 1.32. The Kier molecular flexibility index (Phi) is 2.48. The standard InChI is InChI=1S/C10H14N2/c1-7-4-5-10(11)9(6-12-3)8(7)2/h4-6H,11H2,1-3H3. The first kappa shape index (κ1) is 8.78. The second-order valence-corrected chi connectivity index (χ2v) is 2.90. The van der Waals surface area contributed by atoms with Crippen LogP contribution in [0.15, 0.2) is 17.1 Å². The monoisotopic (exact) mass is 162 g/mol. The van der Waals surface area contributed by atoms with E-state index in [1.807, 2.05) is 12.1 Å². The Labute approximate surface area is 73.1 Å². The highest BCUT2D eigenvalue weighted by atomic mass is 14.6.